The lowest BCUT2D eigenvalue weighted by molar-refractivity contribution is -0.134. The second kappa shape index (κ2) is 8.99. The fourth-order valence-corrected chi connectivity index (χ4v) is 3.41. The van der Waals surface area contributed by atoms with E-state index in [0.717, 1.165) is 22.4 Å². The number of carbonyl (C=O) groups excluding carboxylic acids is 2. The molecule has 0 radical (unpaired) electrons. The highest BCUT2D eigenvalue weighted by molar-refractivity contribution is 5.93. The Kier molecular flexibility index (Phi) is 6.44. The van der Waals surface area contributed by atoms with Crippen LogP contribution in [-0.4, -0.2) is 54.3 Å². The minimum Gasteiger partial charge on any atom is -0.338 e. The van der Waals surface area contributed by atoms with E-state index in [1.807, 2.05) is 62.4 Å². The van der Waals surface area contributed by atoms with E-state index in [1.54, 1.807) is 4.90 Å². The highest BCUT2D eigenvalue weighted by atomic mass is 16.2. The molecule has 1 unspecified atom stereocenters. The summed E-state index contributed by atoms with van der Waals surface area (Å²) in [6, 6.07) is 14.7. The van der Waals surface area contributed by atoms with Gasteiger partial charge < -0.3 is 16.0 Å². The molecular weight excluding hydrogens is 352 g/mol. The van der Waals surface area contributed by atoms with E-state index in [1.165, 1.54) is 0 Å². The first-order valence-corrected chi connectivity index (χ1v) is 9.63. The number of rotatable bonds is 5. The monoisotopic (exact) mass is 380 g/mol. The van der Waals surface area contributed by atoms with Gasteiger partial charge in [0.1, 0.15) is 6.04 Å². The van der Waals surface area contributed by atoms with Crippen molar-refractivity contribution in [2.45, 2.75) is 19.9 Å². The van der Waals surface area contributed by atoms with Crippen molar-refractivity contribution >= 4 is 17.5 Å². The van der Waals surface area contributed by atoms with E-state index in [4.69, 9.17) is 5.73 Å². The van der Waals surface area contributed by atoms with Crippen molar-refractivity contribution in [1.82, 2.24) is 9.80 Å². The Balaban J connectivity index is 1.49. The third kappa shape index (κ3) is 4.77. The fourth-order valence-electron chi connectivity index (χ4n) is 3.41. The van der Waals surface area contributed by atoms with Crippen molar-refractivity contribution in [1.29, 1.82) is 0 Å². The van der Waals surface area contributed by atoms with Crippen LogP contribution in [0, 0.1) is 13.8 Å². The Bertz CT molecular complexity index is 830. The summed E-state index contributed by atoms with van der Waals surface area (Å²) in [4.78, 5) is 28.9. The topological polar surface area (TPSA) is 78.7 Å². The average molecular weight is 380 g/mol. The molecule has 6 heteroatoms. The SMILES string of the molecule is Cc1cccc(NC(=O)CN2CCN(C(=O)C(N)c3ccccc3)CC2)c1C. The van der Waals surface area contributed by atoms with Gasteiger partial charge in [-0.05, 0) is 36.6 Å². The molecule has 1 atom stereocenters. The normalized spacial score (nSPS) is 15.9. The van der Waals surface area contributed by atoms with Gasteiger partial charge in [-0.3, -0.25) is 14.5 Å². The summed E-state index contributed by atoms with van der Waals surface area (Å²) >= 11 is 0. The van der Waals surface area contributed by atoms with Gasteiger partial charge in [0.2, 0.25) is 11.8 Å². The summed E-state index contributed by atoms with van der Waals surface area (Å²) in [6.07, 6.45) is 0. The molecular formula is C22H28N4O2. The van der Waals surface area contributed by atoms with Crippen LogP contribution in [-0.2, 0) is 9.59 Å². The smallest absolute Gasteiger partial charge is 0.244 e. The number of piperazine rings is 1. The Hall–Kier alpha value is -2.70. The average Bonchev–Trinajstić information content (AvgIpc) is 2.71. The Morgan fingerprint density at radius 2 is 1.68 bits per heavy atom. The van der Waals surface area contributed by atoms with E-state index in [9.17, 15) is 9.59 Å². The summed E-state index contributed by atoms with van der Waals surface area (Å²) in [5, 5.41) is 2.99. The van der Waals surface area contributed by atoms with Gasteiger partial charge in [-0.25, -0.2) is 0 Å². The van der Waals surface area contributed by atoms with E-state index < -0.39 is 6.04 Å². The van der Waals surface area contributed by atoms with Crippen LogP contribution in [0.25, 0.3) is 0 Å². The molecule has 0 aliphatic carbocycles. The van der Waals surface area contributed by atoms with Crippen LogP contribution in [0.4, 0.5) is 5.69 Å². The minimum absolute atomic E-state index is 0.0329. The number of carbonyl (C=O) groups is 2. The predicted molar refractivity (Wildman–Crippen MR) is 111 cm³/mol. The van der Waals surface area contributed by atoms with Crippen molar-refractivity contribution in [3.05, 3.63) is 65.2 Å². The zero-order valence-corrected chi connectivity index (χ0v) is 16.5. The molecule has 2 amide bonds. The number of nitrogens with zero attached hydrogens (tertiary/aromatic N) is 2. The molecule has 3 N–H and O–H groups in total. The van der Waals surface area contributed by atoms with Crippen LogP contribution in [0.3, 0.4) is 0 Å². The van der Waals surface area contributed by atoms with Gasteiger partial charge in [-0.15, -0.1) is 0 Å². The van der Waals surface area contributed by atoms with Gasteiger partial charge in [-0.2, -0.15) is 0 Å². The lowest BCUT2D eigenvalue weighted by atomic mass is 10.1. The quantitative estimate of drug-likeness (QED) is 0.833. The Labute approximate surface area is 166 Å². The van der Waals surface area contributed by atoms with Gasteiger partial charge >= 0.3 is 0 Å². The van der Waals surface area contributed by atoms with Gasteiger partial charge in [0.15, 0.2) is 0 Å². The molecule has 148 valence electrons. The molecule has 2 aromatic rings. The maximum Gasteiger partial charge on any atom is 0.244 e. The van der Waals surface area contributed by atoms with Crippen molar-refractivity contribution in [2.75, 3.05) is 38.0 Å². The van der Waals surface area contributed by atoms with Crippen molar-refractivity contribution in [2.24, 2.45) is 5.73 Å². The molecule has 2 aromatic carbocycles. The van der Waals surface area contributed by atoms with Crippen molar-refractivity contribution in [3.63, 3.8) is 0 Å². The lowest BCUT2D eigenvalue weighted by Gasteiger charge is -2.35. The molecule has 0 aromatic heterocycles. The molecule has 0 bridgehead atoms. The summed E-state index contributed by atoms with van der Waals surface area (Å²) in [6.45, 7) is 6.83. The van der Waals surface area contributed by atoms with Gasteiger partial charge in [0, 0.05) is 31.9 Å². The second-order valence-corrected chi connectivity index (χ2v) is 7.29. The summed E-state index contributed by atoms with van der Waals surface area (Å²) in [5.41, 5.74) is 10.0. The number of nitrogens with two attached hydrogens (primary N) is 1. The molecule has 1 heterocycles. The highest BCUT2D eigenvalue weighted by Crippen LogP contribution is 2.18. The third-order valence-corrected chi connectivity index (χ3v) is 5.35. The van der Waals surface area contributed by atoms with E-state index in [-0.39, 0.29) is 11.8 Å². The standard InChI is InChI=1S/C22H28N4O2/c1-16-7-6-10-19(17(16)2)24-20(27)15-25-11-13-26(14-12-25)22(28)21(23)18-8-4-3-5-9-18/h3-10,21H,11-15,23H2,1-2H3,(H,24,27). The fraction of sp³-hybridized carbons (Fsp3) is 0.364. The Morgan fingerprint density at radius 3 is 2.36 bits per heavy atom. The largest absolute Gasteiger partial charge is 0.338 e. The van der Waals surface area contributed by atoms with Gasteiger partial charge in [0.25, 0.3) is 0 Å². The first kappa shape index (κ1) is 20.0. The maximum atomic E-state index is 12.6. The van der Waals surface area contributed by atoms with Crippen LogP contribution in [0.15, 0.2) is 48.5 Å². The number of aryl methyl sites for hydroxylation is 1. The second-order valence-electron chi connectivity index (χ2n) is 7.29. The zero-order chi connectivity index (χ0) is 20.1. The van der Waals surface area contributed by atoms with E-state index in [0.29, 0.717) is 32.7 Å². The van der Waals surface area contributed by atoms with Crippen LogP contribution < -0.4 is 11.1 Å². The molecule has 3 rings (SSSR count). The first-order chi connectivity index (χ1) is 13.5. The van der Waals surface area contributed by atoms with Crippen LogP contribution >= 0.6 is 0 Å². The predicted octanol–water partition coefficient (Wildman–Crippen LogP) is 2.09. The Morgan fingerprint density at radius 1 is 1.00 bits per heavy atom. The summed E-state index contributed by atoms with van der Waals surface area (Å²) < 4.78 is 0. The molecule has 0 saturated carbocycles. The number of hydrogen-bond donors (Lipinski definition) is 2. The van der Waals surface area contributed by atoms with Crippen LogP contribution in [0.5, 0.6) is 0 Å². The number of benzene rings is 2. The summed E-state index contributed by atoms with van der Waals surface area (Å²) in [7, 11) is 0. The number of hydrogen-bond acceptors (Lipinski definition) is 4. The molecule has 1 fully saturated rings. The zero-order valence-electron chi connectivity index (χ0n) is 16.5. The molecule has 28 heavy (non-hydrogen) atoms. The first-order valence-electron chi connectivity index (χ1n) is 9.63. The third-order valence-electron chi connectivity index (χ3n) is 5.35. The molecule has 1 aliphatic heterocycles. The lowest BCUT2D eigenvalue weighted by Crippen LogP contribution is -2.52. The van der Waals surface area contributed by atoms with E-state index >= 15 is 0 Å². The molecule has 1 saturated heterocycles. The van der Waals surface area contributed by atoms with Crippen LogP contribution in [0.2, 0.25) is 0 Å². The minimum atomic E-state index is -0.639. The number of nitrogens with one attached hydrogen (secondary N) is 1. The summed E-state index contributed by atoms with van der Waals surface area (Å²) in [5.74, 6) is -0.0971. The molecule has 6 nitrogen and oxygen atoms in total. The van der Waals surface area contributed by atoms with Crippen LogP contribution in [0.1, 0.15) is 22.7 Å². The molecule has 1 aliphatic rings. The van der Waals surface area contributed by atoms with Gasteiger partial charge in [-0.1, -0.05) is 42.5 Å². The van der Waals surface area contributed by atoms with E-state index in [2.05, 4.69) is 10.2 Å². The van der Waals surface area contributed by atoms with Crippen molar-refractivity contribution < 1.29 is 9.59 Å². The highest BCUT2D eigenvalue weighted by Gasteiger charge is 2.26. The number of anilines is 1. The van der Waals surface area contributed by atoms with Crippen molar-refractivity contribution in [3.8, 4) is 0 Å². The van der Waals surface area contributed by atoms with Gasteiger partial charge in [0.05, 0.1) is 6.54 Å². The molecule has 0 spiro atoms. The number of amides is 2. The maximum absolute atomic E-state index is 12.6.